The molecule has 19 heavy (non-hydrogen) atoms. The van der Waals surface area contributed by atoms with Gasteiger partial charge in [0.05, 0.1) is 0 Å². The van der Waals surface area contributed by atoms with E-state index < -0.39 is 0 Å². The summed E-state index contributed by atoms with van der Waals surface area (Å²) >= 11 is 0. The van der Waals surface area contributed by atoms with Crippen molar-refractivity contribution >= 4 is 5.91 Å². The van der Waals surface area contributed by atoms with Crippen LogP contribution in [0.5, 0.6) is 0 Å². The fourth-order valence-corrected chi connectivity index (χ4v) is 2.60. The van der Waals surface area contributed by atoms with Crippen molar-refractivity contribution in [2.75, 3.05) is 13.1 Å². The summed E-state index contributed by atoms with van der Waals surface area (Å²) in [4.78, 5) is 11.7. The van der Waals surface area contributed by atoms with Crippen LogP contribution in [0, 0.1) is 6.92 Å². The first-order valence-electron chi connectivity index (χ1n) is 7.29. The number of aryl methyl sites for hydroxylation is 2. The topological polar surface area (TPSA) is 41.1 Å². The van der Waals surface area contributed by atoms with Crippen molar-refractivity contribution in [3.8, 4) is 0 Å². The highest BCUT2D eigenvalue weighted by Gasteiger charge is 2.13. The zero-order valence-electron chi connectivity index (χ0n) is 11.7. The molecule has 1 heterocycles. The molecule has 1 aliphatic heterocycles. The summed E-state index contributed by atoms with van der Waals surface area (Å²) in [5, 5.41) is 6.46. The Morgan fingerprint density at radius 2 is 2.37 bits per heavy atom. The van der Waals surface area contributed by atoms with Crippen molar-refractivity contribution in [3.05, 3.63) is 35.4 Å². The SMILES string of the molecule is Cc1cccc(CCC(=O)NCC[C@@H]2CCCN2)c1. The standard InChI is InChI=1S/C16H24N2O/c1-13-4-2-5-14(12-13)7-8-16(19)18-11-9-15-6-3-10-17-15/h2,4-5,12,15,17H,3,6-11H2,1H3,(H,18,19)/t15-/m0/s1. The number of carbonyl (C=O) groups is 1. The second-order valence-electron chi connectivity index (χ2n) is 5.42. The Hall–Kier alpha value is -1.35. The summed E-state index contributed by atoms with van der Waals surface area (Å²) in [6.45, 7) is 4.01. The van der Waals surface area contributed by atoms with E-state index in [0.717, 1.165) is 25.9 Å². The number of carbonyl (C=O) groups excluding carboxylic acids is 1. The average molecular weight is 260 g/mol. The van der Waals surface area contributed by atoms with Gasteiger partial charge < -0.3 is 10.6 Å². The van der Waals surface area contributed by atoms with Crippen molar-refractivity contribution in [2.45, 2.75) is 45.1 Å². The van der Waals surface area contributed by atoms with Crippen molar-refractivity contribution in [1.29, 1.82) is 0 Å². The number of hydrogen-bond acceptors (Lipinski definition) is 2. The smallest absolute Gasteiger partial charge is 0.220 e. The normalized spacial score (nSPS) is 18.5. The van der Waals surface area contributed by atoms with Crippen molar-refractivity contribution in [1.82, 2.24) is 10.6 Å². The first kappa shape index (κ1) is 14.1. The molecule has 0 unspecified atom stereocenters. The van der Waals surface area contributed by atoms with Crippen LogP contribution in [-0.2, 0) is 11.2 Å². The van der Waals surface area contributed by atoms with Gasteiger partial charge in [-0.25, -0.2) is 0 Å². The molecular formula is C16H24N2O. The van der Waals surface area contributed by atoms with Gasteiger partial charge in [0.2, 0.25) is 5.91 Å². The Morgan fingerprint density at radius 1 is 1.47 bits per heavy atom. The quantitative estimate of drug-likeness (QED) is 0.823. The lowest BCUT2D eigenvalue weighted by Crippen LogP contribution is -2.30. The Morgan fingerprint density at radius 3 is 3.11 bits per heavy atom. The molecule has 0 radical (unpaired) electrons. The molecule has 1 aromatic rings. The number of nitrogens with one attached hydrogen (secondary N) is 2. The fraction of sp³-hybridized carbons (Fsp3) is 0.562. The van der Waals surface area contributed by atoms with Gasteiger partial charge in [-0.2, -0.15) is 0 Å². The van der Waals surface area contributed by atoms with Crippen LogP contribution in [0.3, 0.4) is 0 Å². The Labute approximate surface area is 115 Å². The average Bonchev–Trinajstić information content (AvgIpc) is 2.90. The zero-order chi connectivity index (χ0) is 13.5. The van der Waals surface area contributed by atoms with E-state index in [1.54, 1.807) is 0 Å². The Balaban J connectivity index is 1.61. The highest BCUT2D eigenvalue weighted by molar-refractivity contribution is 5.76. The molecule has 2 N–H and O–H groups in total. The lowest BCUT2D eigenvalue weighted by atomic mass is 10.1. The Kier molecular flexibility index (Phi) is 5.40. The van der Waals surface area contributed by atoms with Crippen LogP contribution in [0.15, 0.2) is 24.3 Å². The van der Waals surface area contributed by atoms with Crippen molar-refractivity contribution in [3.63, 3.8) is 0 Å². The summed E-state index contributed by atoms with van der Waals surface area (Å²) in [6.07, 6.45) is 4.98. The highest BCUT2D eigenvalue weighted by Crippen LogP contribution is 2.08. The van der Waals surface area contributed by atoms with Crippen LogP contribution in [0.25, 0.3) is 0 Å². The predicted octanol–water partition coefficient (Wildman–Crippen LogP) is 2.19. The number of hydrogen-bond donors (Lipinski definition) is 2. The molecule has 1 saturated heterocycles. The van der Waals surface area contributed by atoms with Gasteiger partial charge in [-0.1, -0.05) is 29.8 Å². The fourth-order valence-electron chi connectivity index (χ4n) is 2.60. The van der Waals surface area contributed by atoms with Gasteiger partial charge in [-0.15, -0.1) is 0 Å². The molecule has 1 atom stereocenters. The summed E-state index contributed by atoms with van der Waals surface area (Å²) < 4.78 is 0. The van der Waals surface area contributed by atoms with E-state index in [1.165, 1.54) is 24.0 Å². The van der Waals surface area contributed by atoms with Gasteiger partial charge in [0.15, 0.2) is 0 Å². The lowest BCUT2D eigenvalue weighted by Gasteiger charge is -2.10. The van der Waals surface area contributed by atoms with Crippen LogP contribution in [-0.4, -0.2) is 25.0 Å². The summed E-state index contributed by atoms with van der Waals surface area (Å²) in [5.74, 6) is 0.166. The van der Waals surface area contributed by atoms with Crippen LogP contribution in [0.4, 0.5) is 0 Å². The third-order valence-electron chi connectivity index (χ3n) is 3.70. The van der Waals surface area contributed by atoms with Crippen LogP contribution in [0.1, 0.15) is 36.8 Å². The minimum Gasteiger partial charge on any atom is -0.356 e. The first-order valence-corrected chi connectivity index (χ1v) is 7.29. The summed E-state index contributed by atoms with van der Waals surface area (Å²) in [7, 11) is 0. The maximum absolute atomic E-state index is 11.7. The highest BCUT2D eigenvalue weighted by atomic mass is 16.1. The molecule has 1 amide bonds. The molecule has 1 fully saturated rings. The maximum atomic E-state index is 11.7. The zero-order valence-corrected chi connectivity index (χ0v) is 11.7. The molecule has 3 heteroatoms. The van der Waals surface area contributed by atoms with E-state index in [0.29, 0.717) is 12.5 Å². The van der Waals surface area contributed by atoms with Gasteiger partial charge in [0, 0.05) is 19.0 Å². The van der Waals surface area contributed by atoms with Crippen LogP contribution < -0.4 is 10.6 Å². The molecule has 0 aromatic heterocycles. The molecular weight excluding hydrogens is 236 g/mol. The molecule has 0 saturated carbocycles. The van der Waals surface area contributed by atoms with Gasteiger partial charge in [0.1, 0.15) is 0 Å². The molecule has 1 aromatic carbocycles. The third kappa shape index (κ3) is 5.03. The number of rotatable bonds is 6. The van der Waals surface area contributed by atoms with E-state index in [-0.39, 0.29) is 5.91 Å². The minimum atomic E-state index is 0.166. The Bertz CT molecular complexity index is 411. The van der Waals surface area contributed by atoms with E-state index in [4.69, 9.17) is 0 Å². The summed E-state index contributed by atoms with van der Waals surface area (Å²) in [6, 6.07) is 8.97. The van der Waals surface area contributed by atoms with Crippen LogP contribution >= 0.6 is 0 Å². The van der Waals surface area contributed by atoms with Crippen LogP contribution in [0.2, 0.25) is 0 Å². The van der Waals surface area contributed by atoms with Gasteiger partial charge >= 0.3 is 0 Å². The van der Waals surface area contributed by atoms with Crippen molar-refractivity contribution in [2.24, 2.45) is 0 Å². The largest absolute Gasteiger partial charge is 0.356 e. The minimum absolute atomic E-state index is 0.166. The molecule has 0 spiro atoms. The lowest BCUT2D eigenvalue weighted by molar-refractivity contribution is -0.121. The molecule has 1 aliphatic rings. The molecule has 2 rings (SSSR count). The molecule has 0 aliphatic carbocycles. The predicted molar refractivity (Wildman–Crippen MR) is 78.2 cm³/mol. The van der Waals surface area contributed by atoms with Gasteiger partial charge in [0.25, 0.3) is 0 Å². The molecule has 104 valence electrons. The van der Waals surface area contributed by atoms with Gasteiger partial charge in [-0.05, 0) is 44.7 Å². The summed E-state index contributed by atoms with van der Waals surface area (Å²) in [5.41, 5.74) is 2.50. The monoisotopic (exact) mass is 260 g/mol. The maximum Gasteiger partial charge on any atom is 0.220 e. The third-order valence-corrected chi connectivity index (χ3v) is 3.70. The van der Waals surface area contributed by atoms with E-state index in [2.05, 4.69) is 35.8 Å². The van der Waals surface area contributed by atoms with E-state index in [9.17, 15) is 4.79 Å². The molecule has 0 bridgehead atoms. The second-order valence-corrected chi connectivity index (χ2v) is 5.42. The van der Waals surface area contributed by atoms with Crippen molar-refractivity contribution < 1.29 is 4.79 Å². The van der Waals surface area contributed by atoms with E-state index in [1.807, 2.05) is 6.07 Å². The van der Waals surface area contributed by atoms with Gasteiger partial charge in [-0.3, -0.25) is 4.79 Å². The van der Waals surface area contributed by atoms with E-state index >= 15 is 0 Å². The molecule has 3 nitrogen and oxygen atoms in total. The number of amides is 1. The number of benzene rings is 1. The second kappa shape index (κ2) is 7.29. The first-order chi connectivity index (χ1) is 9.24.